The summed E-state index contributed by atoms with van der Waals surface area (Å²) in [5.41, 5.74) is 2.26. The van der Waals surface area contributed by atoms with Crippen molar-refractivity contribution in [2.24, 2.45) is 0 Å². The third-order valence-corrected chi connectivity index (χ3v) is 4.69. The fourth-order valence-electron chi connectivity index (χ4n) is 3.12. The van der Waals surface area contributed by atoms with Gasteiger partial charge in [0.2, 0.25) is 12.4 Å². The van der Waals surface area contributed by atoms with Crippen molar-refractivity contribution in [1.82, 2.24) is 19.8 Å². The monoisotopic (exact) mass is 367 g/mol. The lowest BCUT2D eigenvalue weighted by Gasteiger charge is -2.32. The molecule has 0 aliphatic carbocycles. The summed E-state index contributed by atoms with van der Waals surface area (Å²) < 4.78 is 0. The summed E-state index contributed by atoms with van der Waals surface area (Å²) >= 11 is 0. The minimum absolute atomic E-state index is 0.0976. The maximum atomic E-state index is 13.0. The minimum atomic E-state index is -0.0976. The Hall–Kier alpha value is -2.96. The summed E-state index contributed by atoms with van der Waals surface area (Å²) in [7, 11) is 0. The number of amides is 2. The third-order valence-electron chi connectivity index (χ3n) is 4.69. The summed E-state index contributed by atoms with van der Waals surface area (Å²) in [6, 6.07) is 11.7. The fraction of sp³-hybridized carbons (Fsp3) is 0.400. The number of rotatable bonds is 6. The maximum absolute atomic E-state index is 13.0. The predicted molar refractivity (Wildman–Crippen MR) is 103 cm³/mol. The van der Waals surface area contributed by atoms with E-state index in [2.05, 4.69) is 9.97 Å². The molecule has 0 spiro atoms. The van der Waals surface area contributed by atoms with Crippen LogP contribution < -0.4 is 4.90 Å². The second-order valence-corrected chi connectivity index (χ2v) is 6.63. The Morgan fingerprint density at radius 2 is 1.85 bits per heavy atom. The van der Waals surface area contributed by atoms with Crippen molar-refractivity contribution < 1.29 is 9.59 Å². The molecule has 0 unspecified atom stereocenters. The van der Waals surface area contributed by atoms with Crippen LogP contribution in [0.25, 0.3) is 0 Å². The van der Waals surface area contributed by atoms with E-state index in [1.54, 1.807) is 15.9 Å². The largest absolute Gasteiger partial charge is 0.342 e. The van der Waals surface area contributed by atoms with Crippen LogP contribution in [-0.2, 0) is 11.3 Å². The highest BCUT2D eigenvalue weighted by atomic mass is 16.2. The van der Waals surface area contributed by atoms with Crippen LogP contribution in [-0.4, -0.2) is 64.8 Å². The molecule has 7 heteroatoms. The van der Waals surface area contributed by atoms with E-state index >= 15 is 0 Å². The molecule has 7 nitrogen and oxygen atoms in total. The zero-order valence-electron chi connectivity index (χ0n) is 15.8. The molecule has 0 radical (unpaired) electrons. The van der Waals surface area contributed by atoms with Gasteiger partial charge in [0.05, 0.1) is 0 Å². The second-order valence-electron chi connectivity index (χ2n) is 6.63. The quantitative estimate of drug-likeness (QED) is 0.727. The van der Waals surface area contributed by atoms with Crippen LogP contribution >= 0.6 is 0 Å². The molecule has 142 valence electrons. The number of aromatic nitrogens is 2. The van der Waals surface area contributed by atoms with Gasteiger partial charge in [0.15, 0.2) is 0 Å². The zero-order valence-corrected chi connectivity index (χ0v) is 15.8. The molecular formula is C20H25N5O2. The summed E-state index contributed by atoms with van der Waals surface area (Å²) in [4.78, 5) is 38.5. The summed E-state index contributed by atoms with van der Waals surface area (Å²) in [5.74, 6) is 0.458. The van der Waals surface area contributed by atoms with E-state index in [0.717, 1.165) is 17.7 Å². The van der Waals surface area contributed by atoms with Crippen molar-refractivity contribution in [2.75, 3.05) is 37.6 Å². The molecule has 1 aliphatic heterocycles. The molecular weight excluding hydrogens is 342 g/mol. The van der Waals surface area contributed by atoms with Crippen molar-refractivity contribution in [3.8, 4) is 0 Å². The van der Waals surface area contributed by atoms with Gasteiger partial charge in [-0.3, -0.25) is 9.59 Å². The number of carbonyl (C=O) groups is 2. The predicted octanol–water partition coefficient (Wildman–Crippen LogP) is 1.73. The molecule has 0 N–H and O–H groups in total. The van der Waals surface area contributed by atoms with Crippen molar-refractivity contribution >= 4 is 18.3 Å². The van der Waals surface area contributed by atoms with Gasteiger partial charge in [0.1, 0.15) is 5.69 Å². The van der Waals surface area contributed by atoms with E-state index in [1.807, 2.05) is 49.1 Å². The molecule has 1 fully saturated rings. The van der Waals surface area contributed by atoms with Crippen LogP contribution in [0.5, 0.6) is 0 Å². The first-order chi connectivity index (χ1) is 13.1. The number of carbonyl (C=O) groups excluding carboxylic acids is 2. The first-order valence-electron chi connectivity index (χ1n) is 9.24. The standard InChI is InChI=1S/C20H25N5O2/c1-3-24(14-17-7-5-4-6-8-17)19(27)18-13-16(2)21-20(22-18)25-11-9-23(15-26)10-12-25/h4-8,13,15H,3,9-12,14H2,1-2H3. The highest BCUT2D eigenvalue weighted by molar-refractivity contribution is 5.92. The average Bonchev–Trinajstić information content (AvgIpc) is 2.72. The highest BCUT2D eigenvalue weighted by Crippen LogP contribution is 2.15. The molecule has 0 saturated carbocycles. The molecule has 2 amide bonds. The number of benzene rings is 1. The summed E-state index contributed by atoms with van der Waals surface area (Å²) in [6.45, 7) is 7.59. The molecule has 1 aliphatic rings. The first kappa shape index (κ1) is 18.8. The van der Waals surface area contributed by atoms with Crippen LogP contribution in [0, 0.1) is 6.92 Å². The third kappa shape index (κ3) is 4.61. The van der Waals surface area contributed by atoms with Gasteiger partial charge >= 0.3 is 0 Å². The molecule has 0 bridgehead atoms. The van der Waals surface area contributed by atoms with Crippen LogP contribution in [0.1, 0.15) is 28.7 Å². The Morgan fingerprint density at radius 3 is 2.48 bits per heavy atom. The van der Waals surface area contributed by atoms with Gasteiger partial charge in [0.25, 0.3) is 5.91 Å². The van der Waals surface area contributed by atoms with Crippen molar-refractivity contribution in [3.63, 3.8) is 0 Å². The van der Waals surface area contributed by atoms with Crippen LogP contribution in [0.2, 0.25) is 0 Å². The number of aryl methyl sites for hydroxylation is 1. The summed E-state index contributed by atoms with van der Waals surface area (Å²) in [5, 5.41) is 0. The average molecular weight is 367 g/mol. The van der Waals surface area contributed by atoms with Gasteiger partial charge in [-0.25, -0.2) is 9.97 Å². The van der Waals surface area contributed by atoms with Crippen LogP contribution in [0.4, 0.5) is 5.95 Å². The molecule has 2 aromatic rings. The van der Waals surface area contributed by atoms with Gasteiger partial charge < -0.3 is 14.7 Å². The van der Waals surface area contributed by atoms with Crippen LogP contribution in [0.15, 0.2) is 36.4 Å². The molecule has 0 atom stereocenters. The maximum Gasteiger partial charge on any atom is 0.272 e. The molecule has 3 rings (SSSR count). The van der Waals surface area contributed by atoms with E-state index in [0.29, 0.717) is 50.9 Å². The van der Waals surface area contributed by atoms with Gasteiger partial charge in [0, 0.05) is 45.0 Å². The number of hydrogen-bond donors (Lipinski definition) is 0. The number of nitrogens with zero attached hydrogens (tertiary/aromatic N) is 5. The van der Waals surface area contributed by atoms with Crippen molar-refractivity contribution in [1.29, 1.82) is 0 Å². The van der Waals surface area contributed by atoms with E-state index in [4.69, 9.17) is 0 Å². The van der Waals surface area contributed by atoms with Gasteiger partial charge in [-0.15, -0.1) is 0 Å². The zero-order chi connectivity index (χ0) is 19.2. The molecule has 2 heterocycles. The van der Waals surface area contributed by atoms with E-state index in [1.165, 1.54) is 0 Å². The van der Waals surface area contributed by atoms with Crippen molar-refractivity contribution in [2.45, 2.75) is 20.4 Å². The number of hydrogen-bond acceptors (Lipinski definition) is 5. The Balaban J connectivity index is 1.78. The molecule has 1 aromatic carbocycles. The van der Waals surface area contributed by atoms with E-state index in [-0.39, 0.29) is 5.91 Å². The topological polar surface area (TPSA) is 69.6 Å². The Kier molecular flexibility index (Phi) is 6.01. The second kappa shape index (κ2) is 8.62. The van der Waals surface area contributed by atoms with E-state index < -0.39 is 0 Å². The van der Waals surface area contributed by atoms with E-state index in [9.17, 15) is 9.59 Å². The molecule has 1 aromatic heterocycles. The normalized spacial score (nSPS) is 14.1. The minimum Gasteiger partial charge on any atom is -0.342 e. The summed E-state index contributed by atoms with van der Waals surface area (Å²) in [6.07, 6.45) is 0.867. The number of piperazine rings is 1. The van der Waals surface area contributed by atoms with Crippen LogP contribution in [0.3, 0.4) is 0 Å². The molecule has 1 saturated heterocycles. The Bertz CT molecular complexity index is 788. The lowest BCUT2D eigenvalue weighted by Crippen LogP contribution is -2.46. The van der Waals surface area contributed by atoms with Gasteiger partial charge in [-0.1, -0.05) is 30.3 Å². The lowest BCUT2D eigenvalue weighted by molar-refractivity contribution is -0.118. The fourth-order valence-corrected chi connectivity index (χ4v) is 3.12. The number of anilines is 1. The van der Waals surface area contributed by atoms with Gasteiger partial charge in [-0.2, -0.15) is 0 Å². The molecule has 27 heavy (non-hydrogen) atoms. The lowest BCUT2D eigenvalue weighted by atomic mass is 10.2. The Labute approximate surface area is 159 Å². The smallest absolute Gasteiger partial charge is 0.272 e. The first-order valence-corrected chi connectivity index (χ1v) is 9.24. The SMILES string of the molecule is CCN(Cc1ccccc1)C(=O)c1cc(C)nc(N2CCN(C=O)CC2)n1. The Morgan fingerprint density at radius 1 is 1.15 bits per heavy atom. The van der Waals surface area contributed by atoms with Gasteiger partial charge in [-0.05, 0) is 25.5 Å². The highest BCUT2D eigenvalue weighted by Gasteiger charge is 2.22. The van der Waals surface area contributed by atoms with Crippen molar-refractivity contribution in [3.05, 3.63) is 53.3 Å².